The average Bonchev–Trinajstić information content (AvgIpc) is 2.34. The molecule has 3 nitrogen and oxygen atoms in total. The predicted molar refractivity (Wildman–Crippen MR) is 66.4 cm³/mol. The Labute approximate surface area is 106 Å². The Morgan fingerprint density at radius 3 is 2.65 bits per heavy atom. The van der Waals surface area contributed by atoms with Crippen molar-refractivity contribution < 1.29 is 14.6 Å². The minimum absolute atomic E-state index is 0.330. The molecule has 2 rings (SSSR count). The molecule has 0 spiro atoms. The lowest BCUT2D eigenvalue weighted by Gasteiger charge is -2.28. The summed E-state index contributed by atoms with van der Waals surface area (Å²) in [6.45, 7) is 5.51. The van der Waals surface area contributed by atoms with E-state index in [4.69, 9.17) is 21.1 Å². The Morgan fingerprint density at radius 2 is 2.00 bits per heavy atom. The number of aliphatic hydroxyl groups excluding tert-OH is 1. The summed E-state index contributed by atoms with van der Waals surface area (Å²) in [7, 11) is 0. The maximum absolute atomic E-state index is 10.3. The topological polar surface area (TPSA) is 38.7 Å². The fourth-order valence-corrected chi connectivity index (χ4v) is 2.25. The molecule has 0 aliphatic carbocycles. The van der Waals surface area contributed by atoms with Gasteiger partial charge < -0.3 is 14.6 Å². The first-order valence-corrected chi connectivity index (χ1v) is 6.11. The van der Waals surface area contributed by atoms with E-state index in [-0.39, 0.29) is 6.10 Å². The van der Waals surface area contributed by atoms with E-state index in [1.165, 1.54) is 0 Å². The van der Waals surface area contributed by atoms with Crippen molar-refractivity contribution in [1.29, 1.82) is 0 Å². The van der Waals surface area contributed by atoms with Crippen molar-refractivity contribution in [1.82, 2.24) is 0 Å². The molecule has 1 saturated heterocycles. The molecule has 1 fully saturated rings. The van der Waals surface area contributed by atoms with Gasteiger partial charge in [-0.1, -0.05) is 17.7 Å². The van der Waals surface area contributed by atoms with Crippen molar-refractivity contribution in [2.45, 2.75) is 26.1 Å². The van der Waals surface area contributed by atoms with Gasteiger partial charge in [-0.25, -0.2) is 0 Å². The molecular weight excluding hydrogens is 240 g/mol. The van der Waals surface area contributed by atoms with E-state index in [0.29, 0.717) is 30.4 Å². The monoisotopic (exact) mass is 256 g/mol. The second-order valence-electron chi connectivity index (χ2n) is 4.39. The summed E-state index contributed by atoms with van der Waals surface area (Å²) in [6.07, 6.45) is -1.06. The van der Waals surface area contributed by atoms with Gasteiger partial charge in [0.2, 0.25) is 0 Å². The molecule has 94 valence electrons. The van der Waals surface area contributed by atoms with Gasteiger partial charge in [0.15, 0.2) is 0 Å². The molecule has 0 amide bonds. The number of rotatable bonds is 2. The first-order chi connectivity index (χ1) is 8.09. The standard InChI is InChI=1S/C13H17ClO3/c1-8-5-10(11(14)6-9(8)2)13(15)12-7-16-3-4-17-12/h5-6,12-13,15H,3-4,7H2,1-2H3. The van der Waals surface area contributed by atoms with Crippen LogP contribution in [0.3, 0.4) is 0 Å². The summed E-state index contributed by atoms with van der Waals surface area (Å²) in [5, 5.41) is 10.8. The Balaban J connectivity index is 2.23. The van der Waals surface area contributed by atoms with E-state index in [1.807, 2.05) is 26.0 Å². The van der Waals surface area contributed by atoms with Crippen LogP contribution in [0.15, 0.2) is 12.1 Å². The molecule has 0 aromatic heterocycles. The molecule has 2 unspecified atom stereocenters. The number of halogens is 1. The lowest BCUT2D eigenvalue weighted by molar-refractivity contribution is -0.133. The van der Waals surface area contributed by atoms with E-state index in [1.54, 1.807) is 0 Å². The first-order valence-electron chi connectivity index (χ1n) is 5.73. The summed E-state index contributed by atoms with van der Waals surface area (Å²) in [4.78, 5) is 0. The minimum Gasteiger partial charge on any atom is -0.386 e. The summed E-state index contributed by atoms with van der Waals surface area (Å²) in [5.74, 6) is 0. The van der Waals surface area contributed by atoms with Gasteiger partial charge in [-0.05, 0) is 31.0 Å². The number of aliphatic hydroxyl groups is 1. The summed E-state index contributed by atoms with van der Waals surface area (Å²) in [6, 6.07) is 3.79. The van der Waals surface area contributed by atoms with Crippen molar-refractivity contribution in [3.8, 4) is 0 Å². The van der Waals surface area contributed by atoms with Crippen LogP contribution in [0.5, 0.6) is 0 Å². The first kappa shape index (κ1) is 12.8. The van der Waals surface area contributed by atoms with E-state index < -0.39 is 6.10 Å². The third kappa shape index (κ3) is 2.80. The minimum atomic E-state index is -0.734. The van der Waals surface area contributed by atoms with Crippen LogP contribution in [0.25, 0.3) is 0 Å². The molecule has 0 bridgehead atoms. The van der Waals surface area contributed by atoms with Crippen molar-refractivity contribution in [2.24, 2.45) is 0 Å². The van der Waals surface area contributed by atoms with Gasteiger partial charge in [0.25, 0.3) is 0 Å². The lowest BCUT2D eigenvalue weighted by atomic mass is 9.99. The molecule has 2 atom stereocenters. The molecule has 1 heterocycles. The van der Waals surface area contributed by atoms with Crippen LogP contribution in [0.1, 0.15) is 22.8 Å². The normalized spacial score (nSPS) is 22.5. The molecule has 0 saturated carbocycles. The predicted octanol–water partition coefficient (Wildman–Crippen LogP) is 2.41. The summed E-state index contributed by atoms with van der Waals surface area (Å²) < 4.78 is 10.8. The maximum Gasteiger partial charge on any atom is 0.111 e. The average molecular weight is 257 g/mol. The largest absolute Gasteiger partial charge is 0.386 e. The molecule has 0 radical (unpaired) electrons. The number of aryl methyl sites for hydroxylation is 2. The highest BCUT2D eigenvalue weighted by molar-refractivity contribution is 6.31. The van der Waals surface area contributed by atoms with Crippen LogP contribution in [0, 0.1) is 13.8 Å². The molecular formula is C13H17ClO3. The van der Waals surface area contributed by atoms with Crippen LogP contribution in [0.4, 0.5) is 0 Å². The molecule has 1 aliphatic heterocycles. The highest BCUT2D eigenvalue weighted by Gasteiger charge is 2.26. The molecule has 1 aromatic carbocycles. The zero-order chi connectivity index (χ0) is 12.4. The van der Waals surface area contributed by atoms with Gasteiger partial charge in [0, 0.05) is 10.6 Å². The molecule has 17 heavy (non-hydrogen) atoms. The Hall–Kier alpha value is -0.610. The smallest absolute Gasteiger partial charge is 0.111 e. The summed E-state index contributed by atoms with van der Waals surface area (Å²) >= 11 is 6.16. The second kappa shape index (κ2) is 5.36. The number of benzene rings is 1. The van der Waals surface area contributed by atoms with E-state index in [0.717, 1.165) is 11.1 Å². The number of hydrogen-bond acceptors (Lipinski definition) is 3. The second-order valence-corrected chi connectivity index (χ2v) is 4.79. The van der Waals surface area contributed by atoms with Crippen molar-refractivity contribution in [3.63, 3.8) is 0 Å². The molecule has 1 aliphatic rings. The van der Waals surface area contributed by atoms with Crippen molar-refractivity contribution >= 4 is 11.6 Å². The van der Waals surface area contributed by atoms with Gasteiger partial charge in [0.05, 0.1) is 19.8 Å². The lowest BCUT2D eigenvalue weighted by Crippen LogP contribution is -2.34. The highest BCUT2D eigenvalue weighted by Crippen LogP contribution is 2.30. The summed E-state index contributed by atoms with van der Waals surface area (Å²) in [5.41, 5.74) is 2.94. The SMILES string of the molecule is Cc1cc(Cl)c(C(O)C2COCCO2)cc1C. The highest BCUT2D eigenvalue weighted by atomic mass is 35.5. The zero-order valence-corrected chi connectivity index (χ0v) is 10.8. The Bertz CT molecular complexity index is 400. The number of hydrogen-bond donors (Lipinski definition) is 1. The maximum atomic E-state index is 10.3. The molecule has 1 aromatic rings. The third-order valence-electron chi connectivity index (χ3n) is 3.13. The van der Waals surface area contributed by atoms with Crippen LogP contribution >= 0.6 is 11.6 Å². The van der Waals surface area contributed by atoms with Crippen LogP contribution < -0.4 is 0 Å². The quantitative estimate of drug-likeness (QED) is 0.883. The van der Waals surface area contributed by atoms with Crippen molar-refractivity contribution in [2.75, 3.05) is 19.8 Å². The van der Waals surface area contributed by atoms with Crippen LogP contribution in [0.2, 0.25) is 5.02 Å². The van der Waals surface area contributed by atoms with Crippen LogP contribution in [-0.4, -0.2) is 31.0 Å². The Morgan fingerprint density at radius 1 is 1.29 bits per heavy atom. The molecule has 1 N–H and O–H groups in total. The van der Waals surface area contributed by atoms with Gasteiger partial charge >= 0.3 is 0 Å². The number of ether oxygens (including phenoxy) is 2. The Kier molecular flexibility index (Phi) is 4.05. The fraction of sp³-hybridized carbons (Fsp3) is 0.538. The fourth-order valence-electron chi connectivity index (χ4n) is 1.92. The zero-order valence-electron chi connectivity index (χ0n) is 10.1. The third-order valence-corrected chi connectivity index (χ3v) is 3.45. The van der Waals surface area contributed by atoms with E-state index in [2.05, 4.69) is 0 Å². The van der Waals surface area contributed by atoms with E-state index in [9.17, 15) is 5.11 Å². The van der Waals surface area contributed by atoms with Gasteiger partial charge in [-0.2, -0.15) is 0 Å². The van der Waals surface area contributed by atoms with Gasteiger partial charge in [-0.15, -0.1) is 0 Å². The molecule has 4 heteroatoms. The van der Waals surface area contributed by atoms with E-state index >= 15 is 0 Å². The van der Waals surface area contributed by atoms with Crippen molar-refractivity contribution in [3.05, 3.63) is 33.8 Å². The van der Waals surface area contributed by atoms with Gasteiger partial charge in [0.1, 0.15) is 12.2 Å². The van der Waals surface area contributed by atoms with Crippen LogP contribution in [-0.2, 0) is 9.47 Å². The van der Waals surface area contributed by atoms with Gasteiger partial charge in [-0.3, -0.25) is 0 Å².